The van der Waals surface area contributed by atoms with Crippen molar-refractivity contribution in [3.63, 3.8) is 0 Å². The van der Waals surface area contributed by atoms with E-state index in [1.54, 1.807) is 6.07 Å². The van der Waals surface area contributed by atoms with Crippen molar-refractivity contribution in [2.24, 2.45) is 0 Å². The number of nitrogens with one attached hydrogen (secondary N) is 1. The molecule has 1 heterocycles. The predicted molar refractivity (Wildman–Crippen MR) is 127 cm³/mol. The van der Waals surface area contributed by atoms with Gasteiger partial charge in [0.15, 0.2) is 0 Å². The molecule has 0 amide bonds. The van der Waals surface area contributed by atoms with E-state index in [0.717, 1.165) is 16.9 Å². The zero-order chi connectivity index (χ0) is 21.5. The molecular weight excluding hydrogens is 439 g/mol. The van der Waals surface area contributed by atoms with Gasteiger partial charge in [-0.15, -0.1) is 12.4 Å². The van der Waals surface area contributed by atoms with Crippen molar-refractivity contribution in [1.82, 2.24) is 0 Å². The quantitative estimate of drug-likeness (QED) is 0.428. The molecule has 0 saturated heterocycles. The lowest BCUT2D eigenvalue weighted by Gasteiger charge is -2.31. The van der Waals surface area contributed by atoms with E-state index in [1.807, 2.05) is 48.5 Å². The first-order valence-corrected chi connectivity index (χ1v) is 10.0. The van der Waals surface area contributed by atoms with Crippen molar-refractivity contribution < 1.29 is 19.1 Å². The fourth-order valence-corrected chi connectivity index (χ4v) is 3.50. The average molecular weight is 465 g/mol. The molecule has 6 nitrogen and oxygen atoms in total. The van der Waals surface area contributed by atoms with Gasteiger partial charge in [-0.3, -0.25) is 0 Å². The van der Waals surface area contributed by atoms with Gasteiger partial charge < -0.3 is 24.5 Å². The summed E-state index contributed by atoms with van der Waals surface area (Å²) in [5.41, 5.74) is 3.01. The van der Waals surface area contributed by atoms with Crippen LogP contribution in [0.5, 0.6) is 0 Å². The number of anilines is 2. The minimum absolute atomic E-state index is 0. The first-order valence-electron chi connectivity index (χ1n) is 9.66. The Morgan fingerprint density at radius 3 is 2.71 bits per heavy atom. The number of esters is 1. The molecule has 1 aromatic heterocycles. The number of rotatable bonds is 9. The fourth-order valence-electron chi connectivity index (χ4n) is 3.32. The zero-order valence-electron chi connectivity index (χ0n) is 17.4. The number of nitrogens with zero attached hydrogens (tertiary/aromatic N) is 1. The lowest BCUT2D eigenvalue weighted by Crippen LogP contribution is -2.40. The van der Waals surface area contributed by atoms with E-state index < -0.39 is 5.97 Å². The van der Waals surface area contributed by atoms with Gasteiger partial charge in [-0.2, -0.15) is 0 Å². The lowest BCUT2D eigenvalue weighted by molar-refractivity contribution is 0.0601. The van der Waals surface area contributed by atoms with E-state index >= 15 is 0 Å². The van der Waals surface area contributed by atoms with Crippen LogP contribution in [0.15, 0.2) is 65.3 Å². The van der Waals surface area contributed by atoms with E-state index in [4.69, 9.17) is 20.8 Å². The molecule has 3 rings (SSSR count). The Bertz CT molecular complexity index is 993. The smallest absolute Gasteiger partial charge is 0.341 e. The first kappa shape index (κ1) is 24.6. The van der Waals surface area contributed by atoms with Crippen molar-refractivity contribution >= 4 is 41.4 Å². The largest absolute Gasteiger partial charge is 0.465 e. The Balaban J connectivity index is 0.00000341. The van der Waals surface area contributed by atoms with Crippen LogP contribution in [-0.2, 0) is 4.74 Å². The van der Waals surface area contributed by atoms with Crippen molar-refractivity contribution in [1.29, 1.82) is 0 Å². The van der Waals surface area contributed by atoms with Gasteiger partial charge in [-0.05, 0) is 43.3 Å². The van der Waals surface area contributed by atoms with E-state index in [0.29, 0.717) is 29.4 Å². The van der Waals surface area contributed by atoms with Crippen LogP contribution in [0.2, 0.25) is 5.02 Å². The summed E-state index contributed by atoms with van der Waals surface area (Å²) in [6.07, 6.45) is 1.47. The maximum Gasteiger partial charge on any atom is 0.341 e. The third kappa shape index (κ3) is 6.17. The summed E-state index contributed by atoms with van der Waals surface area (Å²) in [5.74, 6) is 0.0336. The fraction of sp³-hybridized carbons (Fsp3) is 0.261. The zero-order valence-corrected chi connectivity index (χ0v) is 18.9. The van der Waals surface area contributed by atoms with Gasteiger partial charge in [0, 0.05) is 41.1 Å². The number of furan rings is 1. The molecule has 0 spiro atoms. The number of methoxy groups -OCH3 is 1. The normalized spacial score (nSPS) is 11.4. The number of hydrogen-bond donors (Lipinski definition) is 2. The van der Waals surface area contributed by atoms with E-state index in [2.05, 4.69) is 17.1 Å². The molecule has 2 aromatic carbocycles. The van der Waals surface area contributed by atoms with Crippen LogP contribution in [-0.4, -0.2) is 43.9 Å². The van der Waals surface area contributed by atoms with E-state index in [-0.39, 0.29) is 25.1 Å². The van der Waals surface area contributed by atoms with Gasteiger partial charge in [0.2, 0.25) is 0 Å². The SMILES string of the molecule is COC(=O)c1ccoc1-c1cccc(NC[C@@H](C)N(CCO)c2cccc(Cl)c2)c1.Cl. The van der Waals surface area contributed by atoms with Crippen molar-refractivity contribution in [2.45, 2.75) is 13.0 Å². The van der Waals surface area contributed by atoms with Gasteiger partial charge in [0.25, 0.3) is 0 Å². The van der Waals surface area contributed by atoms with Crippen LogP contribution in [0.3, 0.4) is 0 Å². The molecular formula is C23H26Cl2N2O4. The number of carbonyl (C=O) groups is 1. The van der Waals surface area contributed by atoms with Gasteiger partial charge >= 0.3 is 5.97 Å². The summed E-state index contributed by atoms with van der Waals surface area (Å²) >= 11 is 6.13. The van der Waals surface area contributed by atoms with E-state index in [1.165, 1.54) is 13.4 Å². The predicted octanol–water partition coefficient (Wildman–Crippen LogP) is 5.11. The Morgan fingerprint density at radius 1 is 1.23 bits per heavy atom. The number of halogens is 2. The Morgan fingerprint density at radius 2 is 2.00 bits per heavy atom. The summed E-state index contributed by atoms with van der Waals surface area (Å²) < 4.78 is 10.3. The van der Waals surface area contributed by atoms with Crippen LogP contribution in [0.1, 0.15) is 17.3 Å². The molecule has 166 valence electrons. The molecule has 0 bridgehead atoms. The summed E-state index contributed by atoms with van der Waals surface area (Å²) in [4.78, 5) is 14.0. The topological polar surface area (TPSA) is 74.9 Å². The van der Waals surface area contributed by atoms with E-state index in [9.17, 15) is 9.90 Å². The number of aliphatic hydroxyl groups excluding tert-OH is 1. The van der Waals surface area contributed by atoms with Gasteiger partial charge in [0.05, 0.1) is 20.0 Å². The van der Waals surface area contributed by atoms with Crippen LogP contribution < -0.4 is 10.2 Å². The maximum absolute atomic E-state index is 11.9. The number of hydrogen-bond acceptors (Lipinski definition) is 6. The van der Waals surface area contributed by atoms with Crippen LogP contribution >= 0.6 is 24.0 Å². The lowest BCUT2D eigenvalue weighted by atomic mass is 10.1. The summed E-state index contributed by atoms with van der Waals surface area (Å²) in [7, 11) is 1.34. The third-order valence-electron chi connectivity index (χ3n) is 4.81. The molecule has 0 aliphatic rings. The molecule has 0 saturated carbocycles. The minimum Gasteiger partial charge on any atom is -0.465 e. The number of carbonyl (C=O) groups excluding carboxylic acids is 1. The van der Waals surface area contributed by atoms with Crippen molar-refractivity contribution in [3.8, 4) is 11.3 Å². The van der Waals surface area contributed by atoms with Gasteiger partial charge in [-0.1, -0.05) is 29.8 Å². The first-order chi connectivity index (χ1) is 14.5. The summed E-state index contributed by atoms with van der Waals surface area (Å²) in [6, 6.07) is 16.9. The highest BCUT2D eigenvalue weighted by Crippen LogP contribution is 2.28. The van der Waals surface area contributed by atoms with Crippen molar-refractivity contribution in [3.05, 3.63) is 71.4 Å². The summed E-state index contributed by atoms with van der Waals surface area (Å²) in [6.45, 7) is 3.26. The van der Waals surface area contributed by atoms with Crippen LogP contribution in [0, 0.1) is 0 Å². The Labute approximate surface area is 193 Å². The molecule has 0 fully saturated rings. The molecule has 0 aliphatic carbocycles. The molecule has 2 N–H and O–H groups in total. The maximum atomic E-state index is 11.9. The monoisotopic (exact) mass is 464 g/mol. The Kier molecular flexibility index (Phi) is 9.24. The molecule has 31 heavy (non-hydrogen) atoms. The standard InChI is InChI=1S/C23H25ClN2O4.ClH/c1-16(26(10-11-27)20-8-4-6-18(24)14-20)15-25-19-7-3-5-17(13-19)22-21(9-12-30-22)23(28)29-2;/h3-9,12-14,16,25,27H,10-11,15H2,1-2H3;1H/t16-;/m1./s1. The highest BCUT2D eigenvalue weighted by molar-refractivity contribution is 6.30. The third-order valence-corrected chi connectivity index (χ3v) is 5.04. The molecule has 0 radical (unpaired) electrons. The molecule has 3 aromatic rings. The second-order valence-electron chi connectivity index (χ2n) is 6.86. The number of aliphatic hydroxyl groups is 1. The molecule has 0 aliphatic heterocycles. The highest BCUT2D eigenvalue weighted by atomic mass is 35.5. The minimum atomic E-state index is -0.438. The second kappa shape index (κ2) is 11.6. The average Bonchev–Trinajstić information content (AvgIpc) is 3.25. The second-order valence-corrected chi connectivity index (χ2v) is 7.30. The Hall–Kier alpha value is -2.67. The van der Waals surface area contributed by atoms with Gasteiger partial charge in [0.1, 0.15) is 11.3 Å². The molecule has 8 heteroatoms. The highest BCUT2D eigenvalue weighted by Gasteiger charge is 2.18. The van der Waals surface area contributed by atoms with Crippen LogP contribution in [0.4, 0.5) is 11.4 Å². The van der Waals surface area contributed by atoms with Crippen LogP contribution in [0.25, 0.3) is 11.3 Å². The number of benzene rings is 2. The molecule has 1 atom stereocenters. The number of ether oxygens (including phenoxy) is 1. The van der Waals surface area contributed by atoms with Crippen molar-refractivity contribution in [2.75, 3.05) is 37.0 Å². The summed E-state index contributed by atoms with van der Waals surface area (Å²) in [5, 5.41) is 13.6. The van der Waals surface area contributed by atoms with Gasteiger partial charge in [-0.25, -0.2) is 4.79 Å². The molecule has 0 unspecified atom stereocenters.